The zero-order chi connectivity index (χ0) is 16.5. The molecule has 0 aliphatic heterocycles. The molecule has 0 saturated carbocycles. The number of unbranched alkanes of at least 4 members (excludes halogenated alkanes) is 2. The molecule has 0 aliphatic carbocycles. The summed E-state index contributed by atoms with van der Waals surface area (Å²) in [7, 11) is 0. The maximum Gasteiger partial charge on any atom is 0.338 e. The number of hydrogen-bond donors (Lipinski definition) is 0. The highest BCUT2D eigenvalue weighted by Crippen LogP contribution is 2.25. The van der Waals surface area contributed by atoms with E-state index in [1.165, 1.54) is 35.5 Å². The second-order valence-corrected chi connectivity index (χ2v) is 6.55. The average Bonchev–Trinajstić information content (AvgIpc) is 2.60. The minimum atomic E-state index is -0.266. The van der Waals surface area contributed by atoms with Crippen molar-refractivity contribution in [3.63, 3.8) is 0 Å². The normalized spacial score (nSPS) is 10.5. The molecule has 0 atom stereocenters. The van der Waals surface area contributed by atoms with Gasteiger partial charge in [0.2, 0.25) is 0 Å². The Morgan fingerprint density at radius 2 is 1.52 bits per heavy atom. The predicted molar refractivity (Wildman–Crippen MR) is 98.1 cm³/mol. The third-order valence-electron chi connectivity index (χ3n) is 3.60. The fourth-order valence-corrected chi connectivity index (χ4v) is 3.21. The standard InChI is InChI=1S/C20H24O2S/c1-3-5-6-15-23-19-13-11-17(12-14-19)16-7-9-18(10-8-16)20(21)22-4-2/h7-14H,3-6,15H2,1-2H3. The van der Waals surface area contributed by atoms with Crippen LogP contribution in [0.25, 0.3) is 11.1 Å². The van der Waals surface area contributed by atoms with Gasteiger partial charge in [0.1, 0.15) is 0 Å². The largest absolute Gasteiger partial charge is 0.462 e. The molecule has 0 amide bonds. The molecule has 0 saturated heterocycles. The van der Waals surface area contributed by atoms with Crippen molar-refractivity contribution in [3.05, 3.63) is 54.1 Å². The molecule has 122 valence electrons. The van der Waals surface area contributed by atoms with E-state index in [1.54, 1.807) is 0 Å². The summed E-state index contributed by atoms with van der Waals surface area (Å²) in [6.45, 7) is 4.44. The van der Waals surface area contributed by atoms with Crippen LogP contribution < -0.4 is 0 Å². The first-order valence-corrected chi connectivity index (χ1v) is 9.23. The van der Waals surface area contributed by atoms with Crippen molar-refractivity contribution in [1.82, 2.24) is 0 Å². The van der Waals surface area contributed by atoms with Gasteiger partial charge in [-0.2, -0.15) is 0 Å². The maximum absolute atomic E-state index is 11.7. The van der Waals surface area contributed by atoms with Gasteiger partial charge in [0.15, 0.2) is 0 Å². The second-order valence-electron chi connectivity index (χ2n) is 5.38. The highest BCUT2D eigenvalue weighted by molar-refractivity contribution is 7.99. The molecule has 2 aromatic rings. The fourth-order valence-electron chi connectivity index (χ4n) is 2.30. The van der Waals surface area contributed by atoms with E-state index in [2.05, 4.69) is 31.2 Å². The molecular weight excluding hydrogens is 304 g/mol. The Balaban J connectivity index is 1.97. The van der Waals surface area contributed by atoms with Crippen LogP contribution in [0, 0.1) is 0 Å². The highest BCUT2D eigenvalue weighted by Gasteiger charge is 2.06. The fraction of sp³-hybridized carbons (Fsp3) is 0.350. The number of carbonyl (C=O) groups is 1. The summed E-state index contributed by atoms with van der Waals surface area (Å²) in [6, 6.07) is 16.2. The van der Waals surface area contributed by atoms with Crippen LogP contribution in [-0.2, 0) is 4.74 Å². The zero-order valence-electron chi connectivity index (χ0n) is 13.9. The zero-order valence-corrected chi connectivity index (χ0v) is 14.7. The lowest BCUT2D eigenvalue weighted by atomic mass is 10.0. The first kappa shape index (κ1) is 17.6. The Morgan fingerprint density at radius 3 is 2.09 bits per heavy atom. The number of carbonyl (C=O) groups excluding carboxylic acids is 1. The Labute approximate surface area is 143 Å². The number of hydrogen-bond acceptors (Lipinski definition) is 3. The lowest BCUT2D eigenvalue weighted by Crippen LogP contribution is -2.03. The van der Waals surface area contributed by atoms with Crippen LogP contribution in [0.15, 0.2) is 53.4 Å². The second kappa shape index (κ2) is 9.41. The minimum absolute atomic E-state index is 0.266. The van der Waals surface area contributed by atoms with Crippen molar-refractivity contribution in [2.75, 3.05) is 12.4 Å². The van der Waals surface area contributed by atoms with Crippen LogP contribution in [0.2, 0.25) is 0 Å². The van der Waals surface area contributed by atoms with Crippen molar-refractivity contribution in [2.24, 2.45) is 0 Å². The van der Waals surface area contributed by atoms with Gasteiger partial charge in [-0.1, -0.05) is 44.0 Å². The van der Waals surface area contributed by atoms with E-state index in [1.807, 2.05) is 43.0 Å². The van der Waals surface area contributed by atoms with E-state index >= 15 is 0 Å². The van der Waals surface area contributed by atoms with Crippen molar-refractivity contribution in [3.8, 4) is 11.1 Å². The van der Waals surface area contributed by atoms with Gasteiger partial charge in [-0.3, -0.25) is 0 Å². The number of esters is 1. The summed E-state index contributed by atoms with van der Waals surface area (Å²) in [6.07, 6.45) is 3.84. The molecule has 0 bridgehead atoms. The Kier molecular flexibility index (Phi) is 7.21. The SMILES string of the molecule is CCCCCSc1ccc(-c2ccc(C(=O)OCC)cc2)cc1. The average molecular weight is 328 g/mol. The van der Waals surface area contributed by atoms with Crippen LogP contribution in [0.4, 0.5) is 0 Å². The van der Waals surface area contributed by atoms with Gasteiger partial charge < -0.3 is 4.74 Å². The molecule has 0 N–H and O–H groups in total. The van der Waals surface area contributed by atoms with Crippen molar-refractivity contribution < 1.29 is 9.53 Å². The predicted octanol–water partition coefficient (Wildman–Crippen LogP) is 5.81. The van der Waals surface area contributed by atoms with Gasteiger partial charge in [0.05, 0.1) is 12.2 Å². The molecule has 0 aliphatic rings. The van der Waals surface area contributed by atoms with Crippen molar-refractivity contribution >= 4 is 17.7 Å². The monoisotopic (exact) mass is 328 g/mol. The Bertz CT molecular complexity index is 603. The number of rotatable bonds is 8. The van der Waals surface area contributed by atoms with E-state index < -0.39 is 0 Å². The lowest BCUT2D eigenvalue weighted by Gasteiger charge is -2.06. The van der Waals surface area contributed by atoms with E-state index in [4.69, 9.17) is 4.74 Å². The molecule has 23 heavy (non-hydrogen) atoms. The molecule has 2 rings (SSSR count). The molecule has 2 aromatic carbocycles. The van der Waals surface area contributed by atoms with Crippen LogP contribution in [0.5, 0.6) is 0 Å². The quantitative estimate of drug-likeness (QED) is 0.347. The summed E-state index contributed by atoms with van der Waals surface area (Å²) in [5.74, 6) is 0.916. The van der Waals surface area contributed by atoms with E-state index in [9.17, 15) is 4.79 Å². The van der Waals surface area contributed by atoms with E-state index in [-0.39, 0.29) is 5.97 Å². The first-order chi connectivity index (χ1) is 11.2. The Morgan fingerprint density at radius 1 is 0.913 bits per heavy atom. The van der Waals surface area contributed by atoms with Crippen LogP contribution in [0.1, 0.15) is 43.5 Å². The molecule has 0 spiro atoms. The van der Waals surface area contributed by atoms with Gasteiger partial charge in [0, 0.05) is 4.90 Å². The molecule has 0 heterocycles. The Hall–Kier alpha value is -1.74. The smallest absolute Gasteiger partial charge is 0.338 e. The summed E-state index contributed by atoms with van der Waals surface area (Å²) in [5.41, 5.74) is 2.87. The summed E-state index contributed by atoms with van der Waals surface area (Å²) >= 11 is 1.91. The van der Waals surface area contributed by atoms with Gasteiger partial charge in [0.25, 0.3) is 0 Å². The third-order valence-corrected chi connectivity index (χ3v) is 4.70. The van der Waals surface area contributed by atoms with Crippen LogP contribution >= 0.6 is 11.8 Å². The van der Waals surface area contributed by atoms with Gasteiger partial charge in [-0.05, 0) is 54.5 Å². The number of benzene rings is 2. The summed E-state index contributed by atoms with van der Waals surface area (Å²) in [5, 5.41) is 0. The molecule has 0 unspecified atom stereocenters. The number of thioether (sulfide) groups is 1. The third kappa shape index (κ3) is 5.43. The molecule has 0 fully saturated rings. The maximum atomic E-state index is 11.7. The molecule has 3 heteroatoms. The highest BCUT2D eigenvalue weighted by atomic mass is 32.2. The summed E-state index contributed by atoms with van der Waals surface area (Å²) < 4.78 is 5.00. The lowest BCUT2D eigenvalue weighted by molar-refractivity contribution is 0.0526. The van der Waals surface area contributed by atoms with Crippen molar-refractivity contribution in [1.29, 1.82) is 0 Å². The van der Waals surface area contributed by atoms with E-state index in [0.29, 0.717) is 12.2 Å². The van der Waals surface area contributed by atoms with Crippen LogP contribution in [-0.4, -0.2) is 18.3 Å². The first-order valence-electron chi connectivity index (χ1n) is 8.25. The molecule has 2 nitrogen and oxygen atoms in total. The van der Waals surface area contributed by atoms with Gasteiger partial charge in [-0.15, -0.1) is 11.8 Å². The van der Waals surface area contributed by atoms with Crippen LogP contribution in [0.3, 0.4) is 0 Å². The molecule has 0 aromatic heterocycles. The van der Waals surface area contributed by atoms with E-state index in [0.717, 1.165) is 5.56 Å². The topological polar surface area (TPSA) is 26.3 Å². The summed E-state index contributed by atoms with van der Waals surface area (Å²) in [4.78, 5) is 13.0. The molecule has 0 radical (unpaired) electrons. The number of ether oxygens (including phenoxy) is 1. The van der Waals surface area contributed by atoms with Crippen molar-refractivity contribution in [2.45, 2.75) is 38.0 Å². The molecular formula is C20H24O2S. The van der Waals surface area contributed by atoms with Gasteiger partial charge >= 0.3 is 5.97 Å². The van der Waals surface area contributed by atoms with Gasteiger partial charge in [-0.25, -0.2) is 4.79 Å². The minimum Gasteiger partial charge on any atom is -0.462 e.